The molecule has 0 aliphatic carbocycles. The first-order valence-electron chi connectivity index (χ1n) is 7.24. The van der Waals surface area contributed by atoms with Gasteiger partial charge < -0.3 is 10.1 Å². The molecule has 2 rings (SSSR count). The SMILES string of the molecule is COc1ccccc1CC(C)NC(C)c1ccccc1F. The normalized spacial score (nSPS) is 13.7. The molecule has 0 aliphatic heterocycles. The molecule has 2 unspecified atom stereocenters. The van der Waals surface area contributed by atoms with Gasteiger partial charge in [0.05, 0.1) is 7.11 Å². The maximum Gasteiger partial charge on any atom is 0.127 e. The third-order valence-corrected chi connectivity index (χ3v) is 3.62. The zero-order valence-electron chi connectivity index (χ0n) is 12.8. The van der Waals surface area contributed by atoms with Crippen LogP contribution < -0.4 is 10.1 Å². The number of halogens is 1. The van der Waals surface area contributed by atoms with Gasteiger partial charge in [-0.2, -0.15) is 0 Å². The van der Waals surface area contributed by atoms with Crippen LogP contribution in [0.2, 0.25) is 0 Å². The average molecular weight is 287 g/mol. The molecule has 0 heterocycles. The zero-order chi connectivity index (χ0) is 15.2. The lowest BCUT2D eigenvalue weighted by molar-refractivity contribution is 0.402. The van der Waals surface area contributed by atoms with Crippen molar-refractivity contribution >= 4 is 0 Å². The quantitative estimate of drug-likeness (QED) is 0.863. The van der Waals surface area contributed by atoms with E-state index in [1.54, 1.807) is 13.2 Å². The first-order chi connectivity index (χ1) is 10.1. The molecule has 0 aromatic heterocycles. The smallest absolute Gasteiger partial charge is 0.127 e. The van der Waals surface area contributed by atoms with Crippen molar-refractivity contribution < 1.29 is 9.13 Å². The summed E-state index contributed by atoms with van der Waals surface area (Å²) in [6.45, 7) is 4.08. The molecule has 21 heavy (non-hydrogen) atoms. The van der Waals surface area contributed by atoms with Gasteiger partial charge in [-0.1, -0.05) is 36.4 Å². The van der Waals surface area contributed by atoms with E-state index in [1.165, 1.54) is 6.07 Å². The van der Waals surface area contributed by atoms with Crippen LogP contribution >= 0.6 is 0 Å². The van der Waals surface area contributed by atoms with Crippen LogP contribution in [-0.2, 0) is 6.42 Å². The van der Waals surface area contributed by atoms with Crippen molar-refractivity contribution in [3.05, 3.63) is 65.5 Å². The van der Waals surface area contributed by atoms with E-state index in [-0.39, 0.29) is 17.9 Å². The van der Waals surface area contributed by atoms with Gasteiger partial charge in [-0.3, -0.25) is 0 Å². The zero-order valence-corrected chi connectivity index (χ0v) is 12.8. The van der Waals surface area contributed by atoms with E-state index in [9.17, 15) is 4.39 Å². The molecule has 0 amide bonds. The van der Waals surface area contributed by atoms with Crippen molar-refractivity contribution in [3.8, 4) is 5.75 Å². The van der Waals surface area contributed by atoms with Crippen LogP contribution in [-0.4, -0.2) is 13.2 Å². The minimum Gasteiger partial charge on any atom is -0.496 e. The fraction of sp³-hybridized carbons (Fsp3) is 0.333. The number of ether oxygens (including phenoxy) is 1. The number of rotatable bonds is 6. The highest BCUT2D eigenvalue weighted by atomic mass is 19.1. The molecule has 2 nitrogen and oxygen atoms in total. The number of nitrogens with one attached hydrogen (secondary N) is 1. The fourth-order valence-electron chi connectivity index (χ4n) is 2.60. The lowest BCUT2D eigenvalue weighted by Gasteiger charge is -2.21. The second kappa shape index (κ2) is 7.23. The van der Waals surface area contributed by atoms with Crippen LogP contribution in [0.15, 0.2) is 48.5 Å². The van der Waals surface area contributed by atoms with E-state index in [0.29, 0.717) is 5.56 Å². The Kier molecular flexibility index (Phi) is 5.34. The highest BCUT2D eigenvalue weighted by molar-refractivity contribution is 5.33. The largest absolute Gasteiger partial charge is 0.496 e. The lowest BCUT2D eigenvalue weighted by Crippen LogP contribution is -2.31. The Balaban J connectivity index is 2.01. The van der Waals surface area contributed by atoms with Gasteiger partial charge in [-0.05, 0) is 38.0 Å². The first-order valence-corrected chi connectivity index (χ1v) is 7.24. The molecule has 0 bridgehead atoms. The molecule has 0 saturated carbocycles. The van der Waals surface area contributed by atoms with Gasteiger partial charge in [-0.25, -0.2) is 4.39 Å². The van der Waals surface area contributed by atoms with E-state index >= 15 is 0 Å². The molecule has 2 atom stereocenters. The van der Waals surface area contributed by atoms with E-state index < -0.39 is 0 Å². The fourth-order valence-corrected chi connectivity index (χ4v) is 2.60. The topological polar surface area (TPSA) is 21.3 Å². The monoisotopic (exact) mass is 287 g/mol. The molecule has 2 aromatic carbocycles. The summed E-state index contributed by atoms with van der Waals surface area (Å²) in [6.07, 6.45) is 0.836. The van der Waals surface area contributed by atoms with Crippen molar-refractivity contribution in [2.75, 3.05) is 7.11 Å². The molecule has 0 radical (unpaired) electrons. The number of hydrogen-bond donors (Lipinski definition) is 1. The van der Waals surface area contributed by atoms with Crippen molar-refractivity contribution in [3.63, 3.8) is 0 Å². The minimum absolute atomic E-state index is 0.0316. The summed E-state index contributed by atoms with van der Waals surface area (Å²) in [6, 6.07) is 15.1. The van der Waals surface area contributed by atoms with Crippen molar-refractivity contribution in [2.24, 2.45) is 0 Å². The van der Waals surface area contributed by atoms with E-state index in [0.717, 1.165) is 17.7 Å². The molecule has 3 heteroatoms. The minimum atomic E-state index is -0.165. The van der Waals surface area contributed by atoms with E-state index in [2.05, 4.69) is 18.3 Å². The summed E-state index contributed by atoms with van der Waals surface area (Å²) in [5.74, 6) is 0.728. The lowest BCUT2D eigenvalue weighted by atomic mass is 10.0. The molecule has 0 saturated heterocycles. The maximum atomic E-state index is 13.8. The van der Waals surface area contributed by atoms with Gasteiger partial charge in [0.1, 0.15) is 11.6 Å². The van der Waals surface area contributed by atoms with Crippen LogP contribution in [0.5, 0.6) is 5.75 Å². The number of benzene rings is 2. The van der Waals surface area contributed by atoms with Gasteiger partial charge >= 0.3 is 0 Å². The van der Waals surface area contributed by atoms with Crippen molar-refractivity contribution in [2.45, 2.75) is 32.4 Å². The van der Waals surface area contributed by atoms with Gasteiger partial charge in [0.15, 0.2) is 0 Å². The predicted molar refractivity (Wildman–Crippen MR) is 84.1 cm³/mol. The van der Waals surface area contributed by atoms with Crippen molar-refractivity contribution in [1.82, 2.24) is 5.32 Å². The second-order valence-corrected chi connectivity index (χ2v) is 5.33. The van der Waals surface area contributed by atoms with Gasteiger partial charge in [0.25, 0.3) is 0 Å². The standard InChI is InChI=1S/C18H22FNO/c1-13(12-15-8-4-7-11-18(15)21-3)20-14(2)16-9-5-6-10-17(16)19/h4-11,13-14,20H,12H2,1-3H3. The molecule has 2 aromatic rings. The molecule has 1 N–H and O–H groups in total. The summed E-state index contributed by atoms with van der Waals surface area (Å²) >= 11 is 0. The van der Waals surface area contributed by atoms with Gasteiger partial charge in [0, 0.05) is 17.6 Å². The highest BCUT2D eigenvalue weighted by Gasteiger charge is 2.14. The summed E-state index contributed by atoms with van der Waals surface area (Å²) in [7, 11) is 1.68. The Morgan fingerprint density at radius 2 is 1.71 bits per heavy atom. The van der Waals surface area contributed by atoms with Crippen LogP contribution in [0.4, 0.5) is 4.39 Å². The Hall–Kier alpha value is -1.87. The van der Waals surface area contributed by atoms with E-state index in [4.69, 9.17) is 4.74 Å². The Morgan fingerprint density at radius 1 is 1.05 bits per heavy atom. The predicted octanol–water partition coefficient (Wildman–Crippen LogP) is 4.12. The first kappa shape index (κ1) is 15.5. The van der Waals surface area contributed by atoms with Gasteiger partial charge in [-0.15, -0.1) is 0 Å². The molecule has 112 valence electrons. The molecule has 0 aliphatic rings. The number of methoxy groups -OCH3 is 1. The maximum absolute atomic E-state index is 13.8. The molecular formula is C18H22FNO. The van der Waals surface area contributed by atoms with Gasteiger partial charge in [0.2, 0.25) is 0 Å². The number of para-hydroxylation sites is 1. The van der Waals surface area contributed by atoms with E-state index in [1.807, 2.05) is 37.3 Å². The molecule has 0 fully saturated rings. The van der Waals surface area contributed by atoms with Crippen molar-refractivity contribution in [1.29, 1.82) is 0 Å². The summed E-state index contributed by atoms with van der Waals surface area (Å²) in [5, 5.41) is 3.44. The Bertz CT molecular complexity index is 585. The number of hydrogen-bond acceptors (Lipinski definition) is 2. The summed E-state index contributed by atoms with van der Waals surface area (Å²) < 4.78 is 19.1. The van der Waals surface area contributed by atoms with Crippen LogP contribution in [0.25, 0.3) is 0 Å². The summed E-state index contributed by atoms with van der Waals surface area (Å²) in [4.78, 5) is 0. The third kappa shape index (κ3) is 4.05. The Labute approximate surface area is 126 Å². The van der Waals surface area contributed by atoms with Crippen LogP contribution in [0.3, 0.4) is 0 Å². The average Bonchev–Trinajstić information content (AvgIpc) is 2.48. The highest BCUT2D eigenvalue weighted by Crippen LogP contribution is 2.21. The Morgan fingerprint density at radius 3 is 2.43 bits per heavy atom. The van der Waals surface area contributed by atoms with Crippen LogP contribution in [0.1, 0.15) is 31.0 Å². The molecular weight excluding hydrogens is 265 g/mol. The molecule has 0 spiro atoms. The second-order valence-electron chi connectivity index (χ2n) is 5.33. The third-order valence-electron chi connectivity index (χ3n) is 3.62. The summed E-state index contributed by atoms with van der Waals surface area (Å²) in [5.41, 5.74) is 1.85. The van der Waals surface area contributed by atoms with Crippen LogP contribution in [0, 0.1) is 5.82 Å².